The van der Waals surface area contributed by atoms with Crippen LogP contribution in [0.15, 0.2) is 47.5 Å². The van der Waals surface area contributed by atoms with Gasteiger partial charge >= 0.3 is 0 Å². The smallest absolute Gasteiger partial charge is 0.257 e. The monoisotopic (exact) mass is 413 g/mol. The van der Waals surface area contributed by atoms with E-state index in [9.17, 15) is 9.59 Å². The third-order valence-corrected chi connectivity index (χ3v) is 5.61. The number of nitrogens with zero attached hydrogens (tertiary/aromatic N) is 3. The number of hydrogen-bond donors (Lipinski definition) is 0. The van der Waals surface area contributed by atoms with Crippen LogP contribution in [0.3, 0.4) is 0 Å². The highest BCUT2D eigenvalue weighted by Crippen LogP contribution is 2.20. The van der Waals surface area contributed by atoms with Crippen molar-refractivity contribution in [2.75, 3.05) is 39.4 Å². The lowest BCUT2D eigenvalue weighted by molar-refractivity contribution is -0.132. The summed E-state index contributed by atoms with van der Waals surface area (Å²) in [5.41, 5.74) is 1.39. The van der Waals surface area contributed by atoms with Crippen molar-refractivity contribution in [1.82, 2.24) is 14.8 Å². The topological polar surface area (TPSA) is 85.1 Å². The number of hydrogen-bond acceptors (Lipinski definition) is 6. The molecule has 0 aliphatic carbocycles. The second kappa shape index (κ2) is 9.86. The summed E-state index contributed by atoms with van der Waals surface area (Å²) in [5, 5.41) is 0. The maximum atomic E-state index is 13.0. The number of carbonyl (C=O) groups is 2. The van der Waals surface area contributed by atoms with Crippen molar-refractivity contribution in [2.24, 2.45) is 5.92 Å². The van der Waals surface area contributed by atoms with Gasteiger partial charge in [0.05, 0.1) is 24.5 Å². The van der Waals surface area contributed by atoms with Gasteiger partial charge in [-0.2, -0.15) is 0 Å². The molecule has 2 aliphatic rings. The number of furan rings is 1. The van der Waals surface area contributed by atoms with E-state index in [-0.39, 0.29) is 24.5 Å². The molecule has 1 unspecified atom stereocenters. The first kappa shape index (κ1) is 20.6. The SMILES string of the molecule is O=C1CN(C(=O)c2ccoc2)CC(OCc2cccnc2)CN1CC1CCOCC1. The largest absolute Gasteiger partial charge is 0.472 e. The Kier molecular flexibility index (Phi) is 6.76. The Hall–Kier alpha value is -2.71. The van der Waals surface area contributed by atoms with Gasteiger partial charge in [0, 0.05) is 45.2 Å². The predicted octanol–water partition coefficient (Wildman–Crippen LogP) is 1.97. The first-order valence-corrected chi connectivity index (χ1v) is 10.4. The summed E-state index contributed by atoms with van der Waals surface area (Å²) < 4.78 is 16.6. The van der Waals surface area contributed by atoms with Crippen LogP contribution in [0.25, 0.3) is 0 Å². The summed E-state index contributed by atoms with van der Waals surface area (Å²) in [7, 11) is 0. The molecule has 0 aromatic carbocycles. The average Bonchev–Trinajstić information content (AvgIpc) is 3.27. The van der Waals surface area contributed by atoms with E-state index >= 15 is 0 Å². The lowest BCUT2D eigenvalue weighted by Gasteiger charge is -2.30. The van der Waals surface area contributed by atoms with Crippen molar-refractivity contribution in [3.63, 3.8) is 0 Å². The van der Waals surface area contributed by atoms with Crippen LogP contribution in [-0.2, 0) is 20.9 Å². The van der Waals surface area contributed by atoms with Gasteiger partial charge < -0.3 is 23.7 Å². The number of ether oxygens (including phenoxy) is 2. The Morgan fingerprint density at radius 2 is 2.10 bits per heavy atom. The van der Waals surface area contributed by atoms with Gasteiger partial charge in [-0.3, -0.25) is 14.6 Å². The molecule has 2 aromatic heterocycles. The molecule has 2 aromatic rings. The first-order valence-electron chi connectivity index (χ1n) is 10.4. The molecule has 4 rings (SSSR count). The average molecular weight is 413 g/mol. The number of amides is 2. The van der Waals surface area contributed by atoms with Gasteiger partial charge in [0.2, 0.25) is 5.91 Å². The zero-order valence-electron chi connectivity index (χ0n) is 16.9. The van der Waals surface area contributed by atoms with Crippen molar-refractivity contribution in [3.05, 3.63) is 54.2 Å². The van der Waals surface area contributed by atoms with Crippen molar-refractivity contribution < 1.29 is 23.5 Å². The minimum atomic E-state index is -0.285. The summed E-state index contributed by atoms with van der Waals surface area (Å²) in [6.45, 7) is 3.37. The van der Waals surface area contributed by atoms with E-state index in [2.05, 4.69) is 4.98 Å². The zero-order chi connectivity index (χ0) is 20.8. The Morgan fingerprint density at radius 3 is 2.83 bits per heavy atom. The van der Waals surface area contributed by atoms with Gasteiger partial charge in [0.1, 0.15) is 12.8 Å². The molecule has 2 aliphatic heterocycles. The van der Waals surface area contributed by atoms with Crippen LogP contribution >= 0.6 is 0 Å². The molecule has 1 atom stereocenters. The fourth-order valence-electron chi connectivity index (χ4n) is 3.92. The summed E-state index contributed by atoms with van der Waals surface area (Å²) in [6.07, 6.45) is 7.95. The summed E-state index contributed by atoms with van der Waals surface area (Å²) >= 11 is 0. The van der Waals surface area contributed by atoms with Crippen molar-refractivity contribution in [3.8, 4) is 0 Å². The molecule has 0 saturated carbocycles. The van der Waals surface area contributed by atoms with E-state index in [4.69, 9.17) is 13.9 Å². The second-order valence-corrected chi connectivity index (χ2v) is 7.85. The third kappa shape index (κ3) is 5.25. The Bertz CT molecular complexity index is 821. The Labute approximate surface area is 175 Å². The number of aromatic nitrogens is 1. The molecule has 2 amide bonds. The summed E-state index contributed by atoms with van der Waals surface area (Å²) in [5.74, 6) is 0.142. The van der Waals surface area contributed by atoms with Gasteiger partial charge in [0.15, 0.2) is 0 Å². The number of rotatable bonds is 6. The van der Waals surface area contributed by atoms with E-state index < -0.39 is 0 Å². The lowest BCUT2D eigenvalue weighted by Crippen LogP contribution is -2.42. The van der Waals surface area contributed by atoms with Gasteiger partial charge in [-0.05, 0) is 36.5 Å². The fraction of sp³-hybridized carbons (Fsp3) is 0.500. The number of carbonyl (C=O) groups excluding carboxylic acids is 2. The first-order chi connectivity index (χ1) is 14.7. The van der Waals surface area contributed by atoms with E-state index in [1.807, 2.05) is 17.0 Å². The highest BCUT2D eigenvalue weighted by Gasteiger charge is 2.33. The standard InChI is InChI=1S/C22H27N3O5/c26-21-14-25(22(27)19-5-9-29-16-19)13-20(30-15-18-2-1-6-23-10-18)12-24(21)11-17-3-7-28-8-4-17/h1-2,5-6,9-10,16-17,20H,3-4,7-8,11-15H2. The molecule has 30 heavy (non-hydrogen) atoms. The van der Waals surface area contributed by atoms with E-state index in [0.717, 1.165) is 31.6 Å². The zero-order valence-corrected chi connectivity index (χ0v) is 16.9. The van der Waals surface area contributed by atoms with Crippen LogP contribution in [0.4, 0.5) is 0 Å². The van der Waals surface area contributed by atoms with Gasteiger partial charge in [-0.25, -0.2) is 0 Å². The van der Waals surface area contributed by atoms with E-state index in [0.29, 0.717) is 37.7 Å². The third-order valence-electron chi connectivity index (χ3n) is 5.61. The van der Waals surface area contributed by atoms with Crippen LogP contribution in [-0.4, -0.2) is 72.1 Å². The molecule has 4 heterocycles. The fourth-order valence-corrected chi connectivity index (χ4v) is 3.92. The Morgan fingerprint density at radius 1 is 1.23 bits per heavy atom. The molecule has 2 saturated heterocycles. The van der Waals surface area contributed by atoms with Crippen LogP contribution in [0.5, 0.6) is 0 Å². The highest BCUT2D eigenvalue weighted by molar-refractivity contribution is 5.96. The summed E-state index contributed by atoms with van der Waals surface area (Å²) in [6, 6.07) is 5.42. The highest BCUT2D eigenvalue weighted by atomic mass is 16.5. The van der Waals surface area contributed by atoms with Crippen molar-refractivity contribution >= 4 is 11.8 Å². The van der Waals surface area contributed by atoms with Crippen LogP contribution in [0, 0.1) is 5.92 Å². The molecule has 160 valence electrons. The van der Waals surface area contributed by atoms with Gasteiger partial charge in [0.25, 0.3) is 5.91 Å². The predicted molar refractivity (Wildman–Crippen MR) is 108 cm³/mol. The van der Waals surface area contributed by atoms with Crippen LogP contribution in [0.2, 0.25) is 0 Å². The van der Waals surface area contributed by atoms with E-state index in [1.165, 1.54) is 12.5 Å². The maximum absolute atomic E-state index is 13.0. The summed E-state index contributed by atoms with van der Waals surface area (Å²) in [4.78, 5) is 33.4. The van der Waals surface area contributed by atoms with Crippen molar-refractivity contribution in [2.45, 2.75) is 25.6 Å². The van der Waals surface area contributed by atoms with E-state index in [1.54, 1.807) is 23.4 Å². The molecular weight excluding hydrogens is 386 g/mol. The molecule has 0 N–H and O–H groups in total. The Balaban J connectivity index is 1.47. The molecule has 8 heteroatoms. The van der Waals surface area contributed by atoms with Crippen LogP contribution < -0.4 is 0 Å². The van der Waals surface area contributed by atoms with Gasteiger partial charge in [-0.1, -0.05) is 6.07 Å². The molecule has 2 fully saturated rings. The van der Waals surface area contributed by atoms with Crippen molar-refractivity contribution in [1.29, 1.82) is 0 Å². The van der Waals surface area contributed by atoms with Gasteiger partial charge in [-0.15, -0.1) is 0 Å². The normalized spacial score (nSPS) is 20.9. The number of pyridine rings is 1. The maximum Gasteiger partial charge on any atom is 0.257 e. The minimum absolute atomic E-state index is 0.0417. The molecule has 0 radical (unpaired) electrons. The molecule has 0 bridgehead atoms. The lowest BCUT2D eigenvalue weighted by atomic mass is 9.99. The quantitative estimate of drug-likeness (QED) is 0.720. The second-order valence-electron chi connectivity index (χ2n) is 7.85. The molecule has 8 nitrogen and oxygen atoms in total. The minimum Gasteiger partial charge on any atom is -0.472 e. The van der Waals surface area contributed by atoms with Crippen LogP contribution in [0.1, 0.15) is 28.8 Å². The molecular formula is C22H27N3O5. The molecule has 0 spiro atoms.